The van der Waals surface area contributed by atoms with E-state index in [1.165, 1.54) is 0 Å². The molecule has 1 heterocycles. The number of rotatable bonds is 0. The minimum Gasteiger partial charge on any atom is -0.253 e. The number of aromatic nitrogens is 1. The average molecular weight is 242 g/mol. The molecule has 2 rings (SSSR count). The van der Waals surface area contributed by atoms with Crippen molar-refractivity contribution in [3.8, 4) is 0 Å². The van der Waals surface area contributed by atoms with Gasteiger partial charge in [-0.1, -0.05) is 37.0 Å². The second kappa shape index (κ2) is 5.34. The first-order chi connectivity index (χ1) is 7.16. The molecule has 0 radical (unpaired) electrons. The summed E-state index contributed by atoms with van der Waals surface area (Å²) in [5.74, 6) is 0. The fraction of sp³-hybridized carbons (Fsp3) is 0.250. The Balaban J connectivity index is 0.000000531. The van der Waals surface area contributed by atoms with Crippen LogP contribution in [0.1, 0.15) is 19.5 Å². The van der Waals surface area contributed by atoms with Gasteiger partial charge in [-0.05, 0) is 31.2 Å². The first-order valence-electron chi connectivity index (χ1n) is 4.89. The van der Waals surface area contributed by atoms with Crippen LogP contribution in [0.4, 0.5) is 0 Å². The molecule has 0 unspecified atom stereocenters. The number of pyridine rings is 1. The van der Waals surface area contributed by atoms with Crippen molar-refractivity contribution in [3.63, 3.8) is 0 Å². The molecular weight excluding hydrogens is 229 g/mol. The van der Waals surface area contributed by atoms with Crippen molar-refractivity contribution in [1.82, 2.24) is 4.98 Å². The fourth-order valence-corrected chi connectivity index (χ4v) is 1.76. The molecule has 2 aromatic rings. The number of hydrogen-bond donors (Lipinski definition) is 0. The molecule has 0 aliphatic rings. The van der Waals surface area contributed by atoms with Gasteiger partial charge in [0.1, 0.15) is 0 Å². The fourth-order valence-electron chi connectivity index (χ4n) is 1.28. The summed E-state index contributed by atoms with van der Waals surface area (Å²) in [6.45, 7) is 5.92. The highest BCUT2D eigenvalue weighted by atomic mass is 35.5. The number of fused-ring (bicyclic) bond motifs is 1. The molecule has 0 N–H and O–H groups in total. The van der Waals surface area contributed by atoms with Gasteiger partial charge in [0.05, 0.1) is 10.5 Å². The summed E-state index contributed by atoms with van der Waals surface area (Å²) in [6.07, 6.45) is 0. The van der Waals surface area contributed by atoms with Gasteiger partial charge < -0.3 is 0 Å². The highest BCUT2D eigenvalue weighted by Gasteiger charge is 2.01. The Hall–Kier alpha value is -0.790. The number of halogens is 2. The maximum atomic E-state index is 6.04. The smallest absolute Gasteiger partial charge is 0.0721 e. The lowest BCUT2D eigenvalue weighted by Gasteiger charge is -2.01. The van der Waals surface area contributed by atoms with Crippen molar-refractivity contribution in [2.24, 2.45) is 0 Å². The van der Waals surface area contributed by atoms with Crippen molar-refractivity contribution in [3.05, 3.63) is 40.0 Å². The molecule has 80 valence electrons. The summed E-state index contributed by atoms with van der Waals surface area (Å²) in [7, 11) is 0. The molecule has 0 amide bonds. The van der Waals surface area contributed by atoms with Crippen LogP contribution >= 0.6 is 23.2 Å². The maximum Gasteiger partial charge on any atom is 0.0721 e. The van der Waals surface area contributed by atoms with Crippen molar-refractivity contribution in [2.75, 3.05) is 0 Å². The van der Waals surface area contributed by atoms with E-state index in [2.05, 4.69) is 4.98 Å². The van der Waals surface area contributed by atoms with Crippen molar-refractivity contribution in [2.45, 2.75) is 20.8 Å². The molecule has 0 aliphatic heterocycles. The molecule has 1 aromatic carbocycles. The third-order valence-corrected chi connectivity index (χ3v) is 2.40. The van der Waals surface area contributed by atoms with Gasteiger partial charge in [0.15, 0.2) is 0 Å². The maximum absolute atomic E-state index is 6.04. The Morgan fingerprint density at radius 2 is 1.73 bits per heavy atom. The summed E-state index contributed by atoms with van der Waals surface area (Å²) < 4.78 is 0. The van der Waals surface area contributed by atoms with E-state index in [4.69, 9.17) is 23.2 Å². The largest absolute Gasteiger partial charge is 0.253 e. The monoisotopic (exact) mass is 241 g/mol. The van der Waals surface area contributed by atoms with E-state index in [1.54, 1.807) is 0 Å². The molecule has 0 atom stereocenters. The van der Waals surface area contributed by atoms with Gasteiger partial charge in [0.2, 0.25) is 0 Å². The third-order valence-electron chi connectivity index (χ3n) is 1.85. The van der Waals surface area contributed by atoms with Gasteiger partial charge in [-0.3, -0.25) is 4.98 Å². The average Bonchev–Trinajstić information content (AvgIpc) is 2.22. The standard InChI is InChI=1S/C10H7Cl2N.C2H6/c1-6-4-9(12)8-5-7(11)2-3-10(8)13-6;1-2/h2-5H,1H3;1-2H3. The molecule has 15 heavy (non-hydrogen) atoms. The minimum absolute atomic E-state index is 0.681. The van der Waals surface area contributed by atoms with Crippen LogP contribution < -0.4 is 0 Å². The van der Waals surface area contributed by atoms with Crippen LogP contribution in [0.25, 0.3) is 10.9 Å². The molecule has 3 heteroatoms. The van der Waals surface area contributed by atoms with Crippen LogP contribution in [0.3, 0.4) is 0 Å². The zero-order valence-corrected chi connectivity index (χ0v) is 10.5. The summed E-state index contributed by atoms with van der Waals surface area (Å²) in [5.41, 5.74) is 1.80. The Labute approximate surface area is 100 Å². The van der Waals surface area contributed by atoms with Crippen LogP contribution in [-0.2, 0) is 0 Å². The predicted octanol–water partition coefficient (Wildman–Crippen LogP) is 4.88. The lowest BCUT2D eigenvalue weighted by atomic mass is 10.2. The van der Waals surface area contributed by atoms with Gasteiger partial charge in [-0.15, -0.1) is 0 Å². The Bertz CT molecular complexity index is 466. The van der Waals surface area contributed by atoms with E-state index in [9.17, 15) is 0 Å². The summed E-state index contributed by atoms with van der Waals surface area (Å²) in [5, 5.41) is 2.28. The summed E-state index contributed by atoms with van der Waals surface area (Å²) in [4.78, 5) is 4.33. The van der Waals surface area contributed by atoms with Crippen LogP contribution in [-0.4, -0.2) is 4.98 Å². The zero-order valence-electron chi connectivity index (χ0n) is 9.01. The van der Waals surface area contributed by atoms with Gasteiger partial charge in [0.25, 0.3) is 0 Å². The van der Waals surface area contributed by atoms with Gasteiger partial charge in [0, 0.05) is 16.1 Å². The lowest BCUT2D eigenvalue weighted by molar-refractivity contribution is 1.26. The Morgan fingerprint density at radius 3 is 2.40 bits per heavy atom. The number of benzene rings is 1. The lowest BCUT2D eigenvalue weighted by Crippen LogP contribution is -1.84. The number of nitrogens with zero attached hydrogens (tertiary/aromatic N) is 1. The van der Waals surface area contributed by atoms with E-state index in [0.29, 0.717) is 10.0 Å². The number of hydrogen-bond acceptors (Lipinski definition) is 1. The molecule has 0 saturated carbocycles. The zero-order chi connectivity index (χ0) is 11.4. The highest BCUT2D eigenvalue weighted by molar-refractivity contribution is 6.36. The van der Waals surface area contributed by atoms with Crippen molar-refractivity contribution < 1.29 is 0 Å². The first kappa shape index (κ1) is 12.3. The molecule has 0 spiro atoms. The molecule has 0 fully saturated rings. The van der Waals surface area contributed by atoms with E-state index in [0.717, 1.165) is 16.6 Å². The number of aryl methyl sites for hydroxylation is 1. The van der Waals surface area contributed by atoms with Crippen LogP contribution in [0.15, 0.2) is 24.3 Å². The second-order valence-electron chi connectivity index (χ2n) is 2.91. The summed E-state index contributed by atoms with van der Waals surface area (Å²) in [6, 6.07) is 7.34. The molecule has 0 aliphatic carbocycles. The van der Waals surface area contributed by atoms with E-state index >= 15 is 0 Å². The van der Waals surface area contributed by atoms with Crippen LogP contribution in [0.2, 0.25) is 10.0 Å². The molecule has 1 nitrogen and oxygen atoms in total. The SMILES string of the molecule is CC.Cc1cc(Cl)c2cc(Cl)ccc2n1. The first-order valence-corrected chi connectivity index (χ1v) is 5.65. The minimum atomic E-state index is 0.681. The van der Waals surface area contributed by atoms with E-state index < -0.39 is 0 Å². The normalized spacial score (nSPS) is 9.67. The predicted molar refractivity (Wildman–Crippen MR) is 67.8 cm³/mol. The van der Waals surface area contributed by atoms with Crippen LogP contribution in [0, 0.1) is 6.92 Å². The molecule has 0 bridgehead atoms. The van der Waals surface area contributed by atoms with Crippen LogP contribution in [0.5, 0.6) is 0 Å². The van der Waals surface area contributed by atoms with E-state index in [1.807, 2.05) is 45.0 Å². The Kier molecular flexibility index (Phi) is 4.37. The van der Waals surface area contributed by atoms with Gasteiger partial charge >= 0.3 is 0 Å². The van der Waals surface area contributed by atoms with Gasteiger partial charge in [-0.2, -0.15) is 0 Å². The summed E-state index contributed by atoms with van der Waals surface area (Å²) >= 11 is 11.9. The molecule has 1 aromatic heterocycles. The van der Waals surface area contributed by atoms with Crippen molar-refractivity contribution >= 4 is 34.1 Å². The Morgan fingerprint density at radius 1 is 1.07 bits per heavy atom. The highest BCUT2D eigenvalue weighted by Crippen LogP contribution is 2.25. The topological polar surface area (TPSA) is 12.9 Å². The second-order valence-corrected chi connectivity index (χ2v) is 3.75. The van der Waals surface area contributed by atoms with E-state index in [-0.39, 0.29) is 0 Å². The molecular formula is C12H13Cl2N. The third kappa shape index (κ3) is 2.83. The van der Waals surface area contributed by atoms with Crippen molar-refractivity contribution in [1.29, 1.82) is 0 Å². The quantitative estimate of drug-likeness (QED) is 0.641. The molecule has 0 saturated heterocycles. The van der Waals surface area contributed by atoms with Gasteiger partial charge in [-0.25, -0.2) is 0 Å².